The number of rotatable bonds is 8. The standard InChI is InChI=1S/C20H23N3O2S.HI/c1-24-18-6-4-16(5-7-18)13-22-20(23-14-17-9-12-26-15-17)21-10-8-19-3-2-11-25-19;/h2-7,9,11-12,15H,8,10,13-14H2,1H3,(H2,21,22,23);1H. The van der Waals surface area contributed by atoms with Crippen molar-refractivity contribution >= 4 is 41.3 Å². The summed E-state index contributed by atoms with van der Waals surface area (Å²) in [5.41, 5.74) is 2.38. The van der Waals surface area contributed by atoms with Crippen LogP contribution < -0.4 is 15.4 Å². The van der Waals surface area contributed by atoms with Crippen LogP contribution in [0.25, 0.3) is 0 Å². The van der Waals surface area contributed by atoms with Gasteiger partial charge in [-0.25, -0.2) is 4.99 Å². The topological polar surface area (TPSA) is 58.8 Å². The number of hydrogen-bond acceptors (Lipinski definition) is 4. The summed E-state index contributed by atoms with van der Waals surface area (Å²) < 4.78 is 10.6. The van der Waals surface area contributed by atoms with E-state index in [0.29, 0.717) is 13.1 Å². The van der Waals surface area contributed by atoms with Crippen LogP contribution in [0.3, 0.4) is 0 Å². The molecule has 2 aromatic heterocycles. The number of nitrogens with zero attached hydrogens (tertiary/aromatic N) is 1. The number of halogens is 1. The molecule has 2 heterocycles. The second-order valence-corrected chi connectivity index (χ2v) is 6.53. The number of thiophene rings is 1. The van der Waals surface area contributed by atoms with Crippen molar-refractivity contribution in [1.82, 2.24) is 10.6 Å². The van der Waals surface area contributed by atoms with Crippen LogP contribution in [-0.2, 0) is 19.5 Å². The molecule has 0 amide bonds. The highest BCUT2D eigenvalue weighted by Crippen LogP contribution is 2.11. The molecule has 0 aliphatic carbocycles. The predicted molar refractivity (Wildman–Crippen MR) is 121 cm³/mol. The van der Waals surface area contributed by atoms with Crippen LogP contribution in [-0.4, -0.2) is 19.6 Å². The summed E-state index contributed by atoms with van der Waals surface area (Å²) in [6.07, 6.45) is 2.51. The molecule has 144 valence electrons. The third kappa shape index (κ3) is 7.26. The Kier molecular flexibility index (Phi) is 9.20. The fourth-order valence-electron chi connectivity index (χ4n) is 2.42. The average molecular weight is 497 g/mol. The van der Waals surface area contributed by atoms with E-state index < -0.39 is 0 Å². The number of methoxy groups -OCH3 is 1. The molecule has 3 rings (SSSR count). The first-order chi connectivity index (χ1) is 12.8. The highest BCUT2D eigenvalue weighted by molar-refractivity contribution is 14.0. The monoisotopic (exact) mass is 497 g/mol. The van der Waals surface area contributed by atoms with Gasteiger partial charge in [0.2, 0.25) is 0 Å². The molecule has 1 aromatic carbocycles. The molecule has 0 aliphatic heterocycles. The zero-order chi connectivity index (χ0) is 18.0. The van der Waals surface area contributed by atoms with Gasteiger partial charge in [0.15, 0.2) is 5.96 Å². The quantitative estimate of drug-likeness (QED) is 0.275. The van der Waals surface area contributed by atoms with Crippen LogP contribution in [0, 0.1) is 0 Å². The lowest BCUT2D eigenvalue weighted by atomic mass is 10.2. The Hall–Kier alpha value is -2.00. The Morgan fingerprint density at radius 2 is 1.96 bits per heavy atom. The van der Waals surface area contributed by atoms with Gasteiger partial charge in [0.05, 0.1) is 19.9 Å². The normalized spacial score (nSPS) is 10.9. The number of furan rings is 1. The smallest absolute Gasteiger partial charge is 0.191 e. The fraction of sp³-hybridized carbons (Fsp3) is 0.250. The SMILES string of the molecule is COc1ccc(CNC(=NCc2ccsc2)NCCc2ccco2)cc1.I. The van der Waals surface area contributed by atoms with Crippen LogP contribution >= 0.6 is 35.3 Å². The number of nitrogens with one attached hydrogen (secondary N) is 2. The Labute approximate surface area is 180 Å². The summed E-state index contributed by atoms with van der Waals surface area (Å²) in [6, 6.07) is 14.0. The van der Waals surface area contributed by atoms with Crippen molar-refractivity contribution in [3.8, 4) is 5.75 Å². The second-order valence-electron chi connectivity index (χ2n) is 5.75. The molecule has 0 fully saturated rings. The first-order valence-corrected chi connectivity index (χ1v) is 9.46. The number of hydrogen-bond donors (Lipinski definition) is 2. The van der Waals surface area contributed by atoms with E-state index in [4.69, 9.17) is 9.15 Å². The van der Waals surface area contributed by atoms with E-state index in [1.165, 1.54) is 11.1 Å². The maximum atomic E-state index is 5.37. The van der Waals surface area contributed by atoms with Crippen molar-refractivity contribution in [2.24, 2.45) is 4.99 Å². The van der Waals surface area contributed by atoms with E-state index in [1.54, 1.807) is 24.7 Å². The van der Waals surface area contributed by atoms with Gasteiger partial charge in [-0.05, 0) is 52.2 Å². The minimum absolute atomic E-state index is 0. The molecule has 2 N–H and O–H groups in total. The lowest BCUT2D eigenvalue weighted by molar-refractivity contribution is 0.414. The van der Waals surface area contributed by atoms with Crippen LogP contribution in [0.4, 0.5) is 0 Å². The number of guanidine groups is 1. The van der Waals surface area contributed by atoms with Crippen LogP contribution in [0.5, 0.6) is 5.75 Å². The van der Waals surface area contributed by atoms with Gasteiger partial charge < -0.3 is 19.8 Å². The average Bonchev–Trinajstić information content (AvgIpc) is 3.38. The predicted octanol–water partition coefficient (Wildman–Crippen LogP) is 4.45. The van der Waals surface area contributed by atoms with E-state index in [0.717, 1.165) is 30.4 Å². The molecule has 0 spiro atoms. The molecular weight excluding hydrogens is 473 g/mol. The number of aliphatic imine (C=N–C) groups is 1. The molecule has 27 heavy (non-hydrogen) atoms. The molecule has 0 bridgehead atoms. The van der Waals surface area contributed by atoms with E-state index in [1.807, 2.05) is 36.4 Å². The lowest BCUT2D eigenvalue weighted by Crippen LogP contribution is -2.38. The summed E-state index contributed by atoms with van der Waals surface area (Å²) in [7, 11) is 1.67. The second kappa shape index (κ2) is 11.7. The molecule has 0 unspecified atom stereocenters. The first-order valence-electron chi connectivity index (χ1n) is 8.52. The van der Waals surface area contributed by atoms with Crippen molar-refractivity contribution in [3.63, 3.8) is 0 Å². The third-order valence-corrected chi connectivity index (χ3v) is 4.59. The molecule has 7 heteroatoms. The molecule has 3 aromatic rings. The highest BCUT2D eigenvalue weighted by Gasteiger charge is 2.02. The summed E-state index contributed by atoms with van der Waals surface area (Å²) in [6.45, 7) is 2.11. The van der Waals surface area contributed by atoms with E-state index in [9.17, 15) is 0 Å². The van der Waals surface area contributed by atoms with Gasteiger partial charge in [-0.1, -0.05) is 12.1 Å². The Bertz CT molecular complexity index is 787. The Morgan fingerprint density at radius 1 is 1.11 bits per heavy atom. The van der Waals surface area contributed by atoms with Gasteiger partial charge in [-0.3, -0.25) is 0 Å². The summed E-state index contributed by atoms with van der Waals surface area (Å²) in [4.78, 5) is 4.68. The molecule has 0 saturated heterocycles. The van der Waals surface area contributed by atoms with Crippen molar-refractivity contribution in [1.29, 1.82) is 0 Å². The van der Waals surface area contributed by atoms with Crippen molar-refractivity contribution in [2.75, 3.05) is 13.7 Å². The van der Waals surface area contributed by atoms with E-state index in [-0.39, 0.29) is 24.0 Å². The molecule has 0 aliphatic rings. The van der Waals surface area contributed by atoms with Crippen molar-refractivity contribution < 1.29 is 9.15 Å². The van der Waals surface area contributed by atoms with Gasteiger partial charge in [-0.15, -0.1) is 24.0 Å². The van der Waals surface area contributed by atoms with Crippen LogP contribution in [0.1, 0.15) is 16.9 Å². The van der Waals surface area contributed by atoms with Gasteiger partial charge in [0.25, 0.3) is 0 Å². The maximum Gasteiger partial charge on any atom is 0.191 e. The molecule has 0 radical (unpaired) electrons. The zero-order valence-corrected chi connectivity index (χ0v) is 18.3. The molecule has 5 nitrogen and oxygen atoms in total. The number of ether oxygens (including phenoxy) is 1. The van der Waals surface area contributed by atoms with Crippen molar-refractivity contribution in [2.45, 2.75) is 19.5 Å². The van der Waals surface area contributed by atoms with E-state index >= 15 is 0 Å². The van der Waals surface area contributed by atoms with Crippen LogP contribution in [0.15, 0.2) is 68.9 Å². The first kappa shape index (κ1) is 21.3. The minimum Gasteiger partial charge on any atom is -0.497 e. The van der Waals surface area contributed by atoms with Gasteiger partial charge >= 0.3 is 0 Å². The molecular formula is C20H24IN3O2S. The Morgan fingerprint density at radius 3 is 2.63 bits per heavy atom. The van der Waals surface area contributed by atoms with Crippen molar-refractivity contribution in [3.05, 3.63) is 76.4 Å². The largest absolute Gasteiger partial charge is 0.497 e. The molecule has 0 saturated carbocycles. The van der Waals surface area contributed by atoms with Gasteiger partial charge in [-0.2, -0.15) is 11.3 Å². The Balaban J connectivity index is 0.00000261. The van der Waals surface area contributed by atoms with Gasteiger partial charge in [0.1, 0.15) is 11.5 Å². The summed E-state index contributed by atoms with van der Waals surface area (Å²) >= 11 is 1.69. The summed E-state index contributed by atoms with van der Waals surface area (Å²) in [5.74, 6) is 2.61. The summed E-state index contributed by atoms with van der Waals surface area (Å²) in [5, 5.41) is 10.9. The highest BCUT2D eigenvalue weighted by atomic mass is 127. The van der Waals surface area contributed by atoms with Gasteiger partial charge in [0, 0.05) is 19.5 Å². The molecule has 0 atom stereocenters. The maximum absolute atomic E-state index is 5.37. The van der Waals surface area contributed by atoms with Crippen LogP contribution in [0.2, 0.25) is 0 Å². The third-order valence-electron chi connectivity index (χ3n) is 3.86. The fourth-order valence-corrected chi connectivity index (χ4v) is 3.08. The zero-order valence-electron chi connectivity index (χ0n) is 15.2. The number of benzene rings is 1. The minimum atomic E-state index is 0. The van der Waals surface area contributed by atoms with E-state index in [2.05, 4.69) is 32.5 Å². The lowest BCUT2D eigenvalue weighted by Gasteiger charge is -2.12.